The van der Waals surface area contributed by atoms with Crippen molar-refractivity contribution in [3.63, 3.8) is 0 Å². The molecule has 0 radical (unpaired) electrons. The van der Waals surface area contributed by atoms with Gasteiger partial charge in [-0.1, -0.05) is 12.8 Å². The number of hydrogen-bond donors (Lipinski definition) is 1. The summed E-state index contributed by atoms with van der Waals surface area (Å²) in [6.07, 6.45) is 7.33. The Bertz CT molecular complexity index is 866. The van der Waals surface area contributed by atoms with Crippen molar-refractivity contribution >= 4 is 39.2 Å². The Morgan fingerprint density at radius 1 is 1.24 bits per heavy atom. The first-order chi connectivity index (χ1) is 13.7. The lowest BCUT2D eigenvalue weighted by Gasteiger charge is -2.33. The van der Waals surface area contributed by atoms with Crippen molar-refractivity contribution in [3.8, 4) is 0 Å². The van der Waals surface area contributed by atoms with E-state index < -0.39 is 11.5 Å². The van der Waals surface area contributed by atoms with Gasteiger partial charge in [-0.05, 0) is 52.0 Å². The summed E-state index contributed by atoms with van der Waals surface area (Å²) in [5, 5.41) is 0. The Balaban J connectivity index is 1.47. The number of carbonyl (C=O) groups excluding carboxylic acids is 2. The van der Waals surface area contributed by atoms with Crippen LogP contribution in [0, 0.1) is 5.92 Å². The Kier molecular flexibility index (Phi) is 6.72. The molecule has 2 N–H and O–H groups in total. The monoisotopic (exact) mass is 418 g/mol. The molecule has 158 valence electrons. The molecule has 0 aliphatic carbocycles. The number of nitrogens with two attached hydrogens (primary N) is 1. The molecular weight excluding hydrogens is 388 g/mol. The largest absolute Gasteiger partial charge is 0.460 e. The van der Waals surface area contributed by atoms with E-state index in [2.05, 4.69) is 14.9 Å². The number of aromatic nitrogens is 2. The highest BCUT2D eigenvalue weighted by Crippen LogP contribution is 2.34. The second-order valence-corrected chi connectivity index (χ2v) is 9.70. The summed E-state index contributed by atoms with van der Waals surface area (Å²) in [6, 6.07) is 1.74. The smallest absolute Gasteiger partial charge is 0.306 e. The van der Waals surface area contributed by atoms with Gasteiger partial charge in [-0.25, -0.2) is 9.97 Å². The van der Waals surface area contributed by atoms with Crippen molar-refractivity contribution < 1.29 is 14.3 Å². The average Bonchev–Trinajstić information content (AvgIpc) is 3.09. The Hall–Kier alpha value is -2.22. The van der Waals surface area contributed by atoms with Crippen molar-refractivity contribution in [2.24, 2.45) is 11.7 Å². The second kappa shape index (κ2) is 9.07. The zero-order valence-electron chi connectivity index (χ0n) is 17.4. The third kappa shape index (κ3) is 5.88. The number of amides is 1. The zero-order chi connectivity index (χ0) is 21.0. The van der Waals surface area contributed by atoms with Crippen molar-refractivity contribution in [1.29, 1.82) is 0 Å². The molecule has 1 aliphatic rings. The summed E-state index contributed by atoms with van der Waals surface area (Å²) < 4.78 is 6.29. The van der Waals surface area contributed by atoms with Gasteiger partial charge in [0.15, 0.2) is 0 Å². The van der Waals surface area contributed by atoms with Gasteiger partial charge in [0.2, 0.25) is 0 Å². The maximum Gasteiger partial charge on any atom is 0.306 e. The average molecular weight is 419 g/mol. The second-order valence-electron chi connectivity index (χ2n) is 8.65. The van der Waals surface area contributed by atoms with Crippen molar-refractivity contribution in [3.05, 3.63) is 17.3 Å². The normalized spacial score (nSPS) is 15.6. The number of piperidine rings is 1. The molecule has 1 fully saturated rings. The molecule has 2 aromatic heterocycles. The van der Waals surface area contributed by atoms with Crippen LogP contribution in [0.5, 0.6) is 0 Å². The van der Waals surface area contributed by atoms with Crippen LogP contribution in [0.2, 0.25) is 0 Å². The quantitative estimate of drug-likeness (QED) is 0.541. The van der Waals surface area contributed by atoms with E-state index in [0.29, 0.717) is 17.2 Å². The first kappa shape index (κ1) is 21.5. The molecule has 0 atom stereocenters. The molecule has 8 heteroatoms. The van der Waals surface area contributed by atoms with E-state index in [1.165, 1.54) is 11.3 Å². The predicted molar refractivity (Wildman–Crippen MR) is 115 cm³/mol. The minimum atomic E-state index is -0.427. The van der Waals surface area contributed by atoms with E-state index >= 15 is 0 Å². The van der Waals surface area contributed by atoms with E-state index in [1.807, 2.05) is 20.8 Å². The van der Waals surface area contributed by atoms with Crippen molar-refractivity contribution in [2.75, 3.05) is 18.0 Å². The van der Waals surface area contributed by atoms with Gasteiger partial charge in [-0.3, -0.25) is 9.59 Å². The molecule has 3 heterocycles. The lowest BCUT2D eigenvalue weighted by atomic mass is 9.91. The number of nitrogens with zero attached hydrogens (tertiary/aromatic N) is 3. The summed E-state index contributed by atoms with van der Waals surface area (Å²) in [5.74, 6) is 1.04. The van der Waals surface area contributed by atoms with E-state index in [-0.39, 0.29) is 5.97 Å². The topological polar surface area (TPSA) is 98.4 Å². The van der Waals surface area contributed by atoms with Gasteiger partial charge < -0.3 is 15.4 Å². The molecule has 0 unspecified atom stereocenters. The van der Waals surface area contributed by atoms with Gasteiger partial charge in [0.05, 0.1) is 15.1 Å². The number of thiophene rings is 1. The van der Waals surface area contributed by atoms with Crippen LogP contribution in [0.25, 0.3) is 10.2 Å². The SMILES string of the molecule is CC(C)(C)OC(=O)CCCCC1CCN(c2ncnc3cc(C(N)=O)sc23)CC1. The third-order valence-corrected chi connectivity index (χ3v) is 6.25. The summed E-state index contributed by atoms with van der Waals surface area (Å²) in [4.78, 5) is 34.8. The fraction of sp³-hybridized carbons (Fsp3) is 0.619. The Morgan fingerprint density at radius 3 is 2.62 bits per heavy atom. The molecular formula is C21H30N4O3S. The van der Waals surface area contributed by atoms with E-state index in [9.17, 15) is 9.59 Å². The fourth-order valence-corrected chi connectivity index (χ4v) is 4.70. The van der Waals surface area contributed by atoms with E-state index in [4.69, 9.17) is 10.5 Å². The minimum absolute atomic E-state index is 0.105. The summed E-state index contributed by atoms with van der Waals surface area (Å²) in [6.45, 7) is 7.57. The van der Waals surface area contributed by atoms with Crippen LogP contribution in [0.15, 0.2) is 12.4 Å². The number of ether oxygens (including phenoxy) is 1. The van der Waals surface area contributed by atoms with Gasteiger partial charge in [-0.15, -0.1) is 11.3 Å². The number of primary amides is 1. The highest BCUT2D eigenvalue weighted by molar-refractivity contribution is 7.21. The standard InChI is InChI=1S/C21H30N4O3S/c1-21(2,3)28-17(26)7-5-4-6-14-8-10-25(11-9-14)20-18-15(23-13-24-20)12-16(29-18)19(22)27/h12-14H,4-11H2,1-3H3,(H2,22,27). The summed E-state index contributed by atoms with van der Waals surface area (Å²) >= 11 is 1.36. The molecule has 1 aliphatic heterocycles. The van der Waals surface area contributed by atoms with Crippen LogP contribution in [-0.4, -0.2) is 40.5 Å². The lowest BCUT2D eigenvalue weighted by molar-refractivity contribution is -0.154. The number of unbranched alkanes of at least 4 members (excludes halogenated alkanes) is 1. The van der Waals surface area contributed by atoms with E-state index in [0.717, 1.165) is 61.2 Å². The molecule has 7 nitrogen and oxygen atoms in total. The number of hydrogen-bond acceptors (Lipinski definition) is 7. The molecule has 2 aromatic rings. The predicted octanol–water partition coefficient (Wildman–Crippen LogP) is 3.91. The Labute approximate surface area is 175 Å². The van der Waals surface area contributed by atoms with Crippen LogP contribution in [0.4, 0.5) is 5.82 Å². The first-order valence-electron chi connectivity index (χ1n) is 10.2. The Morgan fingerprint density at radius 2 is 1.97 bits per heavy atom. The molecule has 1 saturated heterocycles. The van der Waals surface area contributed by atoms with Crippen molar-refractivity contribution in [2.45, 2.75) is 64.9 Å². The lowest BCUT2D eigenvalue weighted by Crippen LogP contribution is -2.34. The summed E-state index contributed by atoms with van der Waals surface area (Å²) in [5.41, 5.74) is 5.78. The molecule has 0 spiro atoms. The maximum absolute atomic E-state index is 11.8. The van der Waals surface area contributed by atoms with Gasteiger partial charge in [-0.2, -0.15) is 0 Å². The highest BCUT2D eigenvalue weighted by atomic mass is 32.1. The van der Waals surface area contributed by atoms with Crippen LogP contribution in [0.1, 0.15) is 69.0 Å². The molecule has 1 amide bonds. The van der Waals surface area contributed by atoms with Crippen LogP contribution in [0.3, 0.4) is 0 Å². The van der Waals surface area contributed by atoms with Gasteiger partial charge in [0, 0.05) is 19.5 Å². The molecule has 0 aromatic carbocycles. The van der Waals surface area contributed by atoms with Crippen molar-refractivity contribution in [1.82, 2.24) is 9.97 Å². The number of anilines is 1. The first-order valence-corrected chi connectivity index (χ1v) is 11.1. The van der Waals surface area contributed by atoms with Crippen LogP contribution in [-0.2, 0) is 9.53 Å². The number of rotatable bonds is 7. The molecule has 29 heavy (non-hydrogen) atoms. The number of fused-ring (bicyclic) bond motifs is 1. The molecule has 0 bridgehead atoms. The maximum atomic E-state index is 11.8. The van der Waals surface area contributed by atoms with Gasteiger partial charge >= 0.3 is 5.97 Å². The fourth-order valence-electron chi connectivity index (χ4n) is 3.72. The number of carbonyl (C=O) groups is 2. The third-order valence-electron chi connectivity index (χ3n) is 5.11. The highest BCUT2D eigenvalue weighted by Gasteiger charge is 2.23. The minimum Gasteiger partial charge on any atom is -0.460 e. The summed E-state index contributed by atoms with van der Waals surface area (Å²) in [7, 11) is 0. The van der Waals surface area contributed by atoms with E-state index in [1.54, 1.807) is 12.4 Å². The molecule has 3 rings (SSSR count). The molecule has 0 saturated carbocycles. The van der Waals surface area contributed by atoms with Gasteiger partial charge in [0.1, 0.15) is 17.7 Å². The number of esters is 1. The zero-order valence-corrected chi connectivity index (χ0v) is 18.3. The van der Waals surface area contributed by atoms with Gasteiger partial charge in [0.25, 0.3) is 5.91 Å². The van der Waals surface area contributed by atoms with Crippen LogP contribution < -0.4 is 10.6 Å². The van der Waals surface area contributed by atoms with Crippen LogP contribution >= 0.6 is 11.3 Å².